The van der Waals surface area contributed by atoms with Crippen LogP contribution in [-0.2, 0) is 11.3 Å². The lowest BCUT2D eigenvalue weighted by Gasteiger charge is -2.29. The van der Waals surface area contributed by atoms with Gasteiger partial charge in [0.2, 0.25) is 0 Å². The molecule has 2 aromatic heterocycles. The molecule has 0 spiro atoms. The fourth-order valence-corrected chi connectivity index (χ4v) is 3.84. The minimum Gasteiger partial charge on any atom is -0.376 e. The molecule has 0 aliphatic carbocycles. The Morgan fingerprint density at radius 1 is 1.32 bits per heavy atom. The number of hydrogen-bond acceptors (Lipinski definition) is 4. The molecule has 2 aliphatic heterocycles. The average Bonchev–Trinajstić information content (AvgIpc) is 3.16. The smallest absolute Gasteiger partial charge is 0.160 e. The number of imidazole rings is 1. The van der Waals surface area contributed by atoms with E-state index in [1.54, 1.807) is 0 Å². The average molecular weight is 300 g/mol. The molecule has 2 fully saturated rings. The predicted octanol–water partition coefficient (Wildman–Crippen LogP) is 2.42. The third kappa shape index (κ3) is 2.63. The van der Waals surface area contributed by atoms with E-state index in [-0.39, 0.29) is 0 Å². The molecule has 2 unspecified atom stereocenters. The van der Waals surface area contributed by atoms with Crippen molar-refractivity contribution in [1.29, 1.82) is 0 Å². The SMILES string of the molecule is CN1CCCC(c2nc3cccnc3n2CC2CCCO2)C1. The van der Waals surface area contributed by atoms with E-state index < -0.39 is 0 Å². The van der Waals surface area contributed by atoms with Crippen LogP contribution in [0.25, 0.3) is 11.2 Å². The van der Waals surface area contributed by atoms with Crippen molar-refractivity contribution in [1.82, 2.24) is 19.4 Å². The van der Waals surface area contributed by atoms with E-state index in [9.17, 15) is 0 Å². The van der Waals surface area contributed by atoms with Crippen LogP contribution >= 0.6 is 0 Å². The van der Waals surface area contributed by atoms with Crippen molar-refractivity contribution in [2.45, 2.75) is 44.2 Å². The first kappa shape index (κ1) is 14.2. The number of hydrogen-bond donors (Lipinski definition) is 0. The molecule has 2 atom stereocenters. The minimum atomic E-state index is 0.319. The topological polar surface area (TPSA) is 43.2 Å². The van der Waals surface area contributed by atoms with Gasteiger partial charge in [0.05, 0.1) is 12.6 Å². The lowest BCUT2D eigenvalue weighted by Crippen LogP contribution is -2.32. The van der Waals surface area contributed by atoms with Crippen LogP contribution in [-0.4, -0.2) is 52.3 Å². The summed E-state index contributed by atoms with van der Waals surface area (Å²) in [5.41, 5.74) is 2.03. The van der Waals surface area contributed by atoms with Gasteiger partial charge < -0.3 is 14.2 Å². The number of likely N-dealkylation sites (N-methyl/N-ethyl adjacent to an activating group) is 1. The first-order valence-electron chi connectivity index (χ1n) is 8.42. The number of likely N-dealkylation sites (tertiary alicyclic amines) is 1. The van der Waals surface area contributed by atoms with Gasteiger partial charge >= 0.3 is 0 Å². The Morgan fingerprint density at radius 3 is 3.09 bits per heavy atom. The lowest BCUT2D eigenvalue weighted by atomic mass is 9.97. The van der Waals surface area contributed by atoms with Gasteiger partial charge in [0, 0.05) is 25.3 Å². The zero-order valence-electron chi connectivity index (χ0n) is 13.2. The molecule has 5 heteroatoms. The monoisotopic (exact) mass is 300 g/mol. The van der Waals surface area contributed by atoms with Crippen molar-refractivity contribution in [3.05, 3.63) is 24.2 Å². The highest BCUT2D eigenvalue weighted by Crippen LogP contribution is 2.29. The van der Waals surface area contributed by atoms with Crippen LogP contribution in [0.2, 0.25) is 0 Å². The molecule has 22 heavy (non-hydrogen) atoms. The van der Waals surface area contributed by atoms with Crippen molar-refractivity contribution < 1.29 is 4.74 Å². The highest BCUT2D eigenvalue weighted by Gasteiger charge is 2.27. The summed E-state index contributed by atoms with van der Waals surface area (Å²) in [7, 11) is 2.21. The van der Waals surface area contributed by atoms with Crippen molar-refractivity contribution in [3.63, 3.8) is 0 Å². The standard InChI is InChI=1S/C17H24N4O/c1-20-9-3-5-13(11-20)16-19-15-7-2-8-18-17(15)21(16)12-14-6-4-10-22-14/h2,7-8,13-14H,3-6,9-12H2,1H3. The van der Waals surface area contributed by atoms with Gasteiger partial charge in [-0.2, -0.15) is 0 Å². The van der Waals surface area contributed by atoms with Crippen molar-refractivity contribution in [2.24, 2.45) is 0 Å². The van der Waals surface area contributed by atoms with Gasteiger partial charge in [0.15, 0.2) is 5.65 Å². The van der Waals surface area contributed by atoms with E-state index in [2.05, 4.69) is 27.6 Å². The molecule has 0 aromatic carbocycles. The molecule has 0 saturated carbocycles. The molecule has 4 rings (SSSR count). The van der Waals surface area contributed by atoms with E-state index >= 15 is 0 Å². The number of ether oxygens (including phenoxy) is 1. The lowest BCUT2D eigenvalue weighted by molar-refractivity contribution is 0.0962. The summed E-state index contributed by atoms with van der Waals surface area (Å²) < 4.78 is 8.18. The Morgan fingerprint density at radius 2 is 2.27 bits per heavy atom. The highest BCUT2D eigenvalue weighted by molar-refractivity contribution is 5.71. The summed E-state index contributed by atoms with van der Waals surface area (Å²) in [5.74, 6) is 1.71. The number of nitrogens with zero attached hydrogens (tertiary/aromatic N) is 4. The molecular formula is C17H24N4O. The molecule has 0 radical (unpaired) electrons. The van der Waals surface area contributed by atoms with Crippen molar-refractivity contribution in [2.75, 3.05) is 26.7 Å². The molecule has 2 aromatic rings. The first-order chi connectivity index (χ1) is 10.8. The molecule has 0 N–H and O–H groups in total. The molecule has 2 saturated heterocycles. The molecule has 0 amide bonds. The van der Waals surface area contributed by atoms with E-state index in [4.69, 9.17) is 9.72 Å². The number of piperidine rings is 1. The van der Waals surface area contributed by atoms with Gasteiger partial charge in [-0.3, -0.25) is 0 Å². The van der Waals surface area contributed by atoms with Gasteiger partial charge in [-0.05, 0) is 51.4 Å². The predicted molar refractivity (Wildman–Crippen MR) is 86.0 cm³/mol. The van der Waals surface area contributed by atoms with Crippen molar-refractivity contribution in [3.8, 4) is 0 Å². The second-order valence-electron chi connectivity index (χ2n) is 6.66. The second-order valence-corrected chi connectivity index (χ2v) is 6.66. The summed E-state index contributed by atoms with van der Waals surface area (Å²) in [5, 5.41) is 0. The van der Waals surface area contributed by atoms with Gasteiger partial charge in [0.1, 0.15) is 11.3 Å². The fourth-order valence-electron chi connectivity index (χ4n) is 3.84. The number of aromatic nitrogens is 3. The molecule has 2 aliphatic rings. The quantitative estimate of drug-likeness (QED) is 0.873. The summed E-state index contributed by atoms with van der Waals surface area (Å²) in [6.07, 6.45) is 6.98. The van der Waals surface area contributed by atoms with Crippen LogP contribution in [0, 0.1) is 0 Å². The van der Waals surface area contributed by atoms with Crippen molar-refractivity contribution >= 4 is 11.2 Å². The van der Waals surface area contributed by atoms with Gasteiger partial charge in [-0.15, -0.1) is 0 Å². The van der Waals surface area contributed by atoms with E-state index in [0.717, 1.165) is 37.3 Å². The largest absolute Gasteiger partial charge is 0.376 e. The van der Waals surface area contributed by atoms with Gasteiger partial charge in [0.25, 0.3) is 0 Å². The summed E-state index contributed by atoms with van der Waals surface area (Å²) in [6.45, 7) is 4.07. The number of fused-ring (bicyclic) bond motifs is 1. The highest BCUT2D eigenvalue weighted by atomic mass is 16.5. The Kier molecular flexibility index (Phi) is 3.84. The Labute approximate surface area is 131 Å². The zero-order valence-corrected chi connectivity index (χ0v) is 13.2. The molecule has 118 valence electrons. The molecule has 4 heterocycles. The van der Waals surface area contributed by atoms with Crippen LogP contribution in [0.3, 0.4) is 0 Å². The summed E-state index contributed by atoms with van der Waals surface area (Å²) in [6, 6.07) is 4.05. The van der Waals surface area contributed by atoms with Crippen LogP contribution < -0.4 is 0 Å². The van der Waals surface area contributed by atoms with E-state index in [1.807, 2.05) is 12.3 Å². The number of rotatable bonds is 3. The number of pyridine rings is 1. The molecule has 0 bridgehead atoms. The third-order valence-corrected chi connectivity index (χ3v) is 4.93. The Balaban J connectivity index is 1.71. The van der Waals surface area contributed by atoms with Crippen LogP contribution in [0.15, 0.2) is 18.3 Å². The Hall–Kier alpha value is -1.46. The minimum absolute atomic E-state index is 0.319. The second kappa shape index (κ2) is 5.97. The van der Waals surface area contributed by atoms with Crippen LogP contribution in [0.4, 0.5) is 0 Å². The zero-order chi connectivity index (χ0) is 14.9. The van der Waals surface area contributed by atoms with Gasteiger partial charge in [-0.25, -0.2) is 9.97 Å². The maximum atomic E-state index is 5.85. The maximum absolute atomic E-state index is 5.85. The summed E-state index contributed by atoms with van der Waals surface area (Å²) >= 11 is 0. The van der Waals surface area contributed by atoms with E-state index in [0.29, 0.717) is 12.0 Å². The third-order valence-electron chi connectivity index (χ3n) is 4.93. The fraction of sp³-hybridized carbons (Fsp3) is 0.647. The van der Waals surface area contributed by atoms with Crippen LogP contribution in [0.5, 0.6) is 0 Å². The Bertz CT molecular complexity index is 647. The maximum Gasteiger partial charge on any atom is 0.160 e. The first-order valence-corrected chi connectivity index (χ1v) is 8.42. The van der Waals surface area contributed by atoms with Gasteiger partial charge in [-0.1, -0.05) is 0 Å². The molecule has 5 nitrogen and oxygen atoms in total. The van der Waals surface area contributed by atoms with E-state index in [1.165, 1.54) is 31.6 Å². The normalized spacial score (nSPS) is 26.8. The molecular weight excluding hydrogens is 276 g/mol. The summed E-state index contributed by atoms with van der Waals surface area (Å²) in [4.78, 5) is 11.9. The van der Waals surface area contributed by atoms with Crippen LogP contribution in [0.1, 0.15) is 37.4 Å².